The predicted octanol–water partition coefficient (Wildman–Crippen LogP) is 4.15. The third kappa shape index (κ3) is 3.51. The monoisotopic (exact) mass is 370 g/mol. The van der Waals surface area contributed by atoms with Crippen LogP contribution in [0, 0.1) is 6.92 Å². The van der Waals surface area contributed by atoms with Gasteiger partial charge in [0.05, 0.1) is 5.41 Å². The second-order valence-corrected chi connectivity index (χ2v) is 7.55. The number of nitrogens with one attached hydrogen (secondary N) is 2. The summed E-state index contributed by atoms with van der Waals surface area (Å²) >= 11 is 0. The highest BCUT2D eigenvalue weighted by Gasteiger charge is 2.42. The molecule has 0 unspecified atom stereocenters. The maximum Gasteiger partial charge on any atom is 0.230 e. The van der Waals surface area contributed by atoms with Crippen molar-refractivity contribution < 1.29 is 4.79 Å². The van der Waals surface area contributed by atoms with Crippen molar-refractivity contribution in [3.05, 3.63) is 70.3 Å². The molecular weight excluding hydrogens is 344 g/mol. The zero-order valence-corrected chi connectivity index (χ0v) is 16.1. The van der Waals surface area contributed by atoms with E-state index in [9.17, 15) is 4.79 Å². The lowest BCUT2D eigenvalue weighted by atomic mass is 9.77. The number of fused-ring (bicyclic) bond motifs is 1. The summed E-state index contributed by atoms with van der Waals surface area (Å²) in [5.41, 5.74) is 5.99. The topological polar surface area (TPSA) is 41.1 Å². The molecule has 0 saturated heterocycles. The number of carbonyl (C=O) groups excluding carboxylic acids is 1. The maximum atomic E-state index is 13.2. The summed E-state index contributed by atoms with van der Waals surface area (Å²) in [6, 6.07) is 15.0. The van der Waals surface area contributed by atoms with Gasteiger partial charge in [0.15, 0.2) is 0 Å². The van der Waals surface area contributed by atoms with E-state index < -0.39 is 0 Å². The zero-order chi connectivity index (χ0) is 17.3. The Morgan fingerprint density at radius 3 is 2.62 bits per heavy atom. The second kappa shape index (κ2) is 7.81. The molecule has 4 heteroatoms. The van der Waals surface area contributed by atoms with Gasteiger partial charge in [-0.05, 0) is 42.0 Å². The van der Waals surface area contributed by atoms with Gasteiger partial charge in [-0.15, -0.1) is 12.4 Å². The van der Waals surface area contributed by atoms with Crippen molar-refractivity contribution in [2.45, 2.75) is 57.7 Å². The summed E-state index contributed by atoms with van der Waals surface area (Å²) in [6.07, 6.45) is 4.17. The van der Waals surface area contributed by atoms with E-state index in [0.29, 0.717) is 6.54 Å². The van der Waals surface area contributed by atoms with Gasteiger partial charge >= 0.3 is 0 Å². The van der Waals surface area contributed by atoms with Gasteiger partial charge in [-0.2, -0.15) is 0 Å². The highest BCUT2D eigenvalue weighted by atomic mass is 35.5. The van der Waals surface area contributed by atoms with Crippen molar-refractivity contribution in [1.29, 1.82) is 0 Å². The molecule has 1 fully saturated rings. The van der Waals surface area contributed by atoms with E-state index in [2.05, 4.69) is 60.0 Å². The summed E-state index contributed by atoms with van der Waals surface area (Å²) in [6.45, 7) is 4.60. The lowest BCUT2D eigenvalue weighted by molar-refractivity contribution is -0.126. The first kappa shape index (κ1) is 18.9. The van der Waals surface area contributed by atoms with Crippen LogP contribution in [0.4, 0.5) is 0 Å². The fraction of sp³-hybridized carbons (Fsp3) is 0.409. The van der Waals surface area contributed by atoms with Crippen LogP contribution in [0.5, 0.6) is 0 Å². The minimum absolute atomic E-state index is 0. The van der Waals surface area contributed by atoms with Crippen molar-refractivity contribution in [2.24, 2.45) is 0 Å². The third-order valence-corrected chi connectivity index (χ3v) is 5.82. The van der Waals surface area contributed by atoms with Gasteiger partial charge in [-0.3, -0.25) is 4.79 Å². The van der Waals surface area contributed by atoms with E-state index in [1.54, 1.807) is 0 Å². The van der Waals surface area contributed by atoms with E-state index in [1.807, 2.05) is 0 Å². The van der Waals surface area contributed by atoms with Crippen LogP contribution in [0.25, 0.3) is 0 Å². The van der Waals surface area contributed by atoms with Crippen molar-refractivity contribution in [1.82, 2.24) is 10.6 Å². The number of hydrogen-bond donors (Lipinski definition) is 2. The van der Waals surface area contributed by atoms with Crippen LogP contribution < -0.4 is 10.6 Å². The molecule has 1 amide bonds. The van der Waals surface area contributed by atoms with Crippen LogP contribution >= 0.6 is 12.4 Å². The molecule has 1 heterocycles. The highest BCUT2D eigenvalue weighted by Crippen LogP contribution is 2.41. The number of benzene rings is 2. The summed E-state index contributed by atoms with van der Waals surface area (Å²) in [7, 11) is 0. The van der Waals surface area contributed by atoms with Crippen LogP contribution in [-0.4, -0.2) is 5.91 Å². The standard InChI is InChI=1S/C22H26N2O.ClH/c1-16-5-4-6-20(11-16)22(9-2-3-10-22)21(25)24-13-17-7-8-18-14-23-15-19(18)12-17;/h4-8,11-12,23H,2-3,9-10,13-15H2,1H3,(H,24,25);1H. The number of rotatable bonds is 4. The Kier molecular flexibility index (Phi) is 5.69. The van der Waals surface area contributed by atoms with Gasteiger partial charge in [-0.1, -0.05) is 60.9 Å². The van der Waals surface area contributed by atoms with Crippen LogP contribution in [0.1, 0.15) is 53.5 Å². The first-order valence-corrected chi connectivity index (χ1v) is 9.34. The minimum atomic E-state index is -0.343. The summed E-state index contributed by atoms with van der Waals surface area (Å²) in [5, 5.41) is 6.60. The van der Waals surface area contributed by atoms with E-state index in [4.69, 9.17) is 0 Å². The quantitative estimate of drug-likeness (QED) is 0.848. The van der Waals surface area contributed by atoms with E-state index in [1.165, 1.54) is 27.8 Å². The molecule has 2 aromatic rings. The molecule has 2 N–H and O–H groups in total. The van der Waals surface area contributed by atoms with Gasteiger partial charge in [0.25, 0.3) is 0 Å². The summed E-state index contributed by atoms with van der Waals surface area (Å²) in [5.74, 6) is 0.189. The zero-order valence-electron chi connectivity index (χ0n) is 15.3. The van der Waals surface area contributed by atoms with Gasteiger partial charge in [0, 0.05) is 19.6 Å². The largest absolute Gasteiger partial charge is 0.351 e. The molecule has 0 radical (unpaired) electrons. The van der Waals surface area contributed by atoms with Crippen molar-refractivity contribution in [2.75, 3.05) is 0 Å². The highest BCUT2D eigenvalue weighted by molar-refractivity contribution is 5.88. The van der Waals surface area contributed by atoms with Crippen molar-refractivity contribution >= 4 is 18.3 Å². The Morgan fingerprint density at radius 1 is 1.08 bits per heavy atom. The molecule has 0 spiro atoms. The number of carbonyl (C=O) groups is 1. The van der Waals surface area contributed by atoms with Crippen LogP contribution in [0.3, 0.4) is 0 Å². The minimum Gasteiger partial charge on any atom is -0.351 e. The molecule has 3 nitrogen and oxygen atoms in total. The van der Waals surface area contributed by atoms with E-state index in [-0.39, 0.29) is 23.7 Å². The number of aryl methyl sites for hydroxylation is 1. The molecule has 0 aromatic heterocycles. The Bertz CT molecular complexity index is 796. The lowest BCUT2D eigenvalue weighted by Gasteiger charge is -2.28. The molecule has 2 aromatic carbocycles. The lowest BCUT2D eigenvalue weighted by Crippen LogP contribution is -2.42. The van der Waals surface area contributed by atoms with Crippen LogP contribution in [-0.2, 0) is 29.8 Å². The van der Waals surface area contributed by atoms with Gasteiger partial charge in [0.1, 0.15) is 0 Å². The normalized spacial score (nSPS) is 17.4. The van der Waals surface area contributed by atoms with Crippen LogP contribution in [0.15, 0.2) is 42.5 Å². The molecule has 138 valence electrons. The van der Waals surface area contributed by atoms with Crippen LogP contribution in [0.2, 0.25) is 0 Å². The summed E-state index contributed by atoms with van der Waals surface area (Å²) < 4.78 is 0. The first-order chi connectivity index (χ1) is 12.2. The molecular formula is C22H27ClN2O. The molecule has 0 bridgehead atoms. The molecule has 1 aliphatic heterocycles. The Balaban J connectivity index is 0.00000196. The first-order valence-electron chi connectivity index (χ1n) is 9.34. The van der Waals surface area contributed by atoms with Gasteiger partial charge in [-0.25, -0.2) is 0 Å². The fourth-order valence-corrected chi connectivity index (χ4v) is 4.38. The third-order valence-electron chi connectivity index (χ3n) is 5.82. The fourth-order valence-electron chi connectivity index (χ4n) is 4.38. The number of hydrogen-bond acceptors (Lipinski definition) is 2. The van der Waals surface area contributed by atoms with Crippen molar-refractivity contribution in [3.8, 4) is 0 Å². The van der Waals surface area contributed by atoms with Crippen molar-refractivity contribution in [3.63, 3.8) is 0 Å². The SMILES string of the molecule is Cc1cccc(C2(C(=O)NCc3ccc4c(c3)CNC4)CCCC2)c1.Cl. The molecule has 1 saturated carbocycles. The molecule has 0 atom stereocenters. The number of halogens is 1. The molecule has 2 aliphatic rings. The average molecular weight is 371 g/mol. The number of amides is 1. The van der Waals surface area contributed by atoms with Gasteiger partial charge in [0.2, 0.25) is 5.91 Å². The van der Waals surface area contributed by atoms with Gasteiger partial charge < -0.3 is 10.6 Å². The maximum absolute atomic E-state index is 13.2. The van der Waals surface area contributed by atoms with E-state index in [0.717, 1.165) is 38.8 Å². The summed E-state index contributed by atoms with van der Waals surface area (Å²) in [4.78, 5) is 13.2. The van der Waals surface area contributed by atoms with E-state index >= 15 is 0 Å². The predicted molar refractivity (Wildman–Crippen MR) is 107 cm³/mol. The Morgan fingerprint density at radius 2 is 1.85 bits per heavy atom. The average Bonchev–Trinajstić information content (AvgIpc) is 3.29. The molecule has 1 aliphatic carbocycles. The Hall–Kier alpha value is -1.84. The smallest absolute Gasteiger partial charge is 0.230 e. The molecule has 4 rings (SSSR count). The second-order valence-electron chi connectivity index (χ2n) is 7.55. The molecule has 26 heavy (non-hydrogen) atoms. The Labute approximate surface area is 162 Å².